The van der Waals surface area contributed by atoms with Crippen molar-refractivity contribution in [3.63, 3.8) is 0 Å². The lowest BCUT2D eigenvalue weighted by molar-refractivity contribution is -0.115. The van der Waals surface area contributed by atoms with Crippen LogP contribution < -0.4 is 5.32 Å². The number of benzene rings is 2. The van der Waals surface area contributed by atoms with E-state index in [1.807, 2.05) is 17.0 Å². The lowest BCUT2D eigenvalue weighted by Gasteiger charge is -2.18. The van der Waals surface area contributed by atoms with Crippen LogP contribution in [0, 0.1) is 6.92 Å². The summed E-state index contributed by atoms with van der Waals surface area (Å²) in [5.74, 6) is 0.649. The number of anilines is 1. The van der Waals surface area contributed by atoms with Crippen LogP contribution in [-0.4, -0.2) is 35.6 Å². The summed E-state index contributed by atoms with van der Waals surface area (Å²) in [4.78, 5) is 28.0. The first-order chi connectivity index (χ1) is 12.6. The highest BCUT2D eigenvalue weighted by Gasteiger charge is 2.22. The molecule has 4 nitrogen and oxygen atoms in total. The van der Waals surface area contributed by atoms with Crippen molar-refractivity contribution in [2.45, 2.75) is 31.1 Å². The highest BCUT2D eigenvalue weighted by molar-refractivity contribution is 7.99. The van der Waals surface area contributed by atoms with Gasteiger partial charge < -0.3 is 10.2 Å². The zero-order valence-corrected chi connectivity index (χ0v) is 15.8. The minimum atomic E-state index is -0.0636. The van der Waals surface area contributed by atoms with Gasteiger partial charge in [0.05, 0.1) is 11.3 Å². The first-order valence-corrected chi connectivity index (χ1v) is 9.99. The summed E-state index contributed by atoms with van der Waals surface area (Å²) >= 11 is 1.66. The number of para-hydroxylation sites is 1. The van der Waals surface area contributed by atoms with Crippen LogP contribution in [0.2, 0.25) is 0 Å². The summed E-state index contributed by atoms with van der Waals surface area (Å²) in [6, 6.07) is 15.6. The number of hydrogen-bond acceptors (Lipinski definition) is 3. The van der Waals surface area contributed by atoms with Crippen LogP contribution in [0.25, 0.3) is 0 Å². The first kappa shape index (κ1) is 18.5. The van der Waals surface area contributed by atoms with Crippen molar-refractivity contribution in [1.82, 2.24) is 4.90 Å². The predicted octanol–water partition coefficient (Wildman–Crippen LogP) is 4.35. The first-order valence-electron chi connectivity index (χ1n) is 9.01. The van der Waals surface area contributed by atoms with E-state index in [4.69, 9.17) is 0 Å². The van der Waals surface area contributed by atoms with E-state index >= 15 is 0 Å². The molecule has 0 atom stereocenters. The van der Waals surface area contributed by atoms with Gasteiger partial charge in [-0.25, -0.2) is 0 Å². The number of carbonyl (C=O) groups is 2. The average Bonchev–Trinajstić information content (AvgIpc) is 3.18. The van der Waals surface area contributed by atoms with Gasteiger partial charge in [-0.1, -0.05) is 29.8 Å². The van der Waals surface area contributed by atoms with Crippen LogP contribution in [0.3, 0.4) is 0 Å². The Morgan fingerprint density at radius 3 is 2.46 bits per heavy atom. The Kier molecular flexibility index (Phi) is 6.34. The Labute approximate surface area is 159 Å². The molecule has 0 aliphatic carbocycles. The van der Waals surface area contributed by atoms with Crippen LogP contribution in [0.5, 0.6) is 0 Å². The van der Waals surface area contributed by atoms with Gasteiger partial charge in [-0.3, -0.25) is 9.59 Å². The smallest absolute Gasteiger partial charge is 0.255 e. The maximum absolute atomic E-state index is 12.6. The molecule has 3 rings (SSSR count). The van der Waals surface area contributed by atoms with Crippen molar-refractivity contribution in [3.05, 3.63) is 59.7 Å². The molecule has 0 unspecified atom stereocenters. The summed E-state index contributed by atoms with van der Waals surface area (Å²) in [5, 5.41) is 2.91. The van der Waals surface area contributed by atoms with Gasteiger partial charge in [-0.15, -0.1) is 11.8 Å². The molecule has 2 aromatic rings. The monoisotopic (exact) mass is 368 g/mol. The molecule has 1 N–H and O–H groups in total. The molecule has 0 bridgehead atoms. The Hall–Kier alpha value is -2.27. The van der Waals surface area contributed by atoms with Crippen LogP contribution >= 0.6 is 11.8 Å². The van der Waals surface area contributed by atoms with Crippen molar-refractivity contribution in [1.29, 1.82) is 0 Å². The fraction of sp³-hybridized carbons (Fsp3) is 0.333. The van der Waals surface area contributed by atoms with Crippen LogP contribution in [0.15, 0.2) is 53.4 Å². The Bertz CT molecular complexity index is 768. The molecule has 0 radical (unpaired) electrons. The molecular formula is C21H24N2O2S. The standard InChI is InChI=1S/C21H24N2O2S/c1-16-8-10-17(11-9-16)26-15-12-20(24)22-19-7-3-2-6-18(19)21(25)23-13-4-5-14-23/h2-3,6-11H,4-5,12-15H2,1H3,(H,22,24). The number of nitrogens with one attached hydrogen (secondary N) is 1. The van der Waals surface area contributed by atoms with Gasteiger partial charge in [-0.2, -0.15) is 0 Å². The van der Waals surface area contributed by atoms with Crippen molar-refractivity contribution in [2.75, 3.05) is 24.2 Å². The zero-order chi connectivity index (χ0) is 18.4. The van der Waals surface area contributed by atoms with Gasteiger partial charge in [0.25, 0.3) is 5.91 Å². The number of rotatable bonds is 6. The van der Waals surface area contributed by atoms with Crippen molar-refractivity contribution < 1.29 is 9.59 Å². The molecular weight excluding hydrogens is 344 g/mol. The lowest BCUT2D eigenvalue weighted by atomic mass is 10.1. The molecule has 1 aliphatic heterocycles. The van der Waals surface area contributed by atoms with E-state index in [0.29, 0.717) is 23.4 Å². The van der Waals surface area contributed by atoms with Crippen LogP contribution in [-0.2, 0) is 4.79 Å². The topological polar surface area (TPSA) is 49.4 Å². The van der Waals surface area contributed by atoms with Crippen molar-refractivity contribution >= 4 is 29.3 Å². The molecule has 0 saturated carbocycles. The predicted molar refractivity (Wildman–Crippen MR) is 107 cm³/mol. The molecule has 1 aliphatic rings. The Morgan fingerprint density at radius 1 is 1.04 bits per heavy atom. The summed E-state index contributed by atoms with van der Waals surface area (Å²) < 4.78 is 0. The second-order valence-corrected chi connectivity index (χ2v) is 7.67. The maximum atomic E-state index is 12.6. The molecule has 0 spiro atoms. The summed E-state index contributed by atoms with van der Waals surface area (Å²) in [5.41, 5.74) is 2.41. The molecule has 2 amide bonds. The van der Waals surface area contributed by atoms with Crippen molar-refractivity contribution in [3.8, 4) is 0 Å². The van der Waals surface area contributed by atoms with Gasteiger partial charge in [0.1, 0.15) is 0 Å². The zero-order valence-electron chi connectivity index (χ0n) is 15.0. The van der Waals surface area contributed by atoms with Crippen molar-refractivity contribution in [2.24, 2.45) is 0 Å². The van der Waals surface area contributed by atoms with E-state index in [0.717, 1.165) is 30.8 Å². The van der Waals surface area contributed by atoms with E-state index in [1.54, 1.807) is 23.9 Å². The third kappa shape index (κ3) is 4.88. The number of nitrogens with zero attached hydrogens (tertiary/aromatic N) is 1. The SMILES string of the molecule is Cc1ccc(SCCC(=O)Nc2ccccc2C(=O)N2CCCC2)cc1. The number of likely N-dealkylation sites (tertiary alicyclic amines) is 1. The normalized spacial score (nSPS) is 13.7. The number of carbonyl (C=O) groups excluding carboxylic acids is 2. The molecule has 5 heteroatoms. The minimum absolute atomic E-state index is 0.00688. The fourth-order valence-corrected chi connectivity index (χ4v) is 3.83. The van der Waals surface area contributed by atoms with E-state index in [9.17, 15) is 9.59 Å². The minimum Gasteiger partial charge on any atom is -0.339 e. The summed E-state index contributed by atoms with van der Waals surface area (Å²) in [6.07, 6.45) is 2.51. The quantitative estimate of drug-likeness (QED) is 0.771. The van der Waals surface area contributed by atoms with Gasteiger partial charge >= 0.3 is 0 Å². The Morgan fingerprint density at radius 2 is 1.73 bits per heavy atom. The van der Waals surface area contributed by atoms with Gasteiger partial charge in [0.2, 0.25) is 5.91 Å². The number of thioether (sulfide) groups is 1. The third-order valence-corrected chi connectivity index (χ3v) is 5.46. The molecule has 1 fully saturated rings. The Balaban J connectivity index is 1.55. The van der Waals surface area contributed by atoms with Crippen LogP contribution in [0.4, 0.5) is 5.69 Å². The molecule has 2 aromatic carbocycles. The van der Waals surface area contributed by atoms with E-state index < -0.39 is 0 Å². The molecule has 136 valence electrons. The van der Waals surface area contributed by atoms with E-state index in [1.165, 1.54) is 5.56 Å². The number of hydrogen-bond donors (Lipinski definition) is 1. The fourth-order valence-electron chi connectivity index (χ4n) is 2.98. The average molecular weight is 369 g/mol. The van der Waals surface area contributed by atoms with E-state index in [2.05, 4.69) is 36.5 Å². The largest absolute Gasteiger partial charge is 0.339 e. The molecule has 0 aromatic heterocycles. The lowest BCUT2D eigenvalue weighted by Crippen LogP contribution is -2.28. The second-order valence-electron chi connectivity index (χ2n) is 6.50. The summed E-state index contributed by atoms with van der Waals surface area (Å²) in [7, 11) is 0. The third-order valence-electron chi connectivity index (χ3n) is 4.44. The summed E-state index contributed by atoms with van der Waals surface area (Å²) in [6.45, 7) is 3.66. The van der Waals surface area contributed by atoms with Gasteiger partial charge in [0.15, 0.2) is 0 Å². The highest BCUT2D eigenvalue weighted by atomic mass is 32.2. The number of aryl methyl sites for hydroxylation is 1. The van der Waals surface area contributed by atoms with Gasteiger partial charge in [-0.05, 0) is 44.0 Å². The maximum Gasteiger partial charge on any atom is 0.255 e. The second kappa shape index (κ2) is 8.90. The molecule has 26 heavy (non-hydrogen) atoms. The molecule has 1 saturated heterocycles. The number of amides is 2. The van der Waals surface area contributed by atoms with E-state index in [-0.39, 0.29) is 11.8 Å². The van der Waals surface area contributed by atoms with Crippen LogP contribution in [0.1, 0.15) is 35.2 Å². The molecule has 1 heterocycles. The van der Waals surface area contributed by atoms with Gasteiger partial charge in [0, 0.05) is 30.2 Å². The highest BCUT2D eigenvalue weighted by Crippen LogP contribution is 2.22.